The molecule has 0 saturated heterocycles. The van der Waals surface area contributed by atoms with Crippen LogP contribution >= 0.6 is 15.9 Å². The molecule has 0 saturated carbocycles. The first-order chi connectivity index (χ1) is 8.13. The first-order valence-corrected chi connectivity index (χ1v) is 5.94. The zero-order valence-electron chi connectivity index (χ0n) is 9.15. The van der Waals surface area contributed by atoms with E-state index in [-0.39, 0.29) is 10.3 Å². The summed E-state index contributed by atoms with van der Waals surface area (Å²) in [6.07, 6.45) is 3.14. The van der Waals surface area contributed by atoms with Crippen molar-refractivity contribution in [2.45, 2.75) is 13.5 Å². The highest BCUT2D eigenvalue weighted by molar-refractivity contribution is 9.10. The summed E-state index contributed by atoms with van der Waals surface area (Å²) in [7, 11) is 0. The van der Waals surface area contributed by atoms with Crippen molar-refractivity contribution in [1.29, 1.82) is 0 Å². The van der Waals surface area contributed by atoms with Gasteiger partial charge in [0.2, 0.25) is 0 Å². The van der Waals surface area contributed by atoms with Crippen molar-refractivity contribution in [3.63, 3.8) is 0 Å². The van der Waals surface area contributed by atoms with Gasteiger partial charge in [-0.2, -0.15) is 5.10 Å². The minimum absolute atomic E-state index is 0.189. The second kappa shape index (κ2) is 4.79. The monoisotopic (exact) mass is 296 g/mol. The molecule has 17 heavy (non-hydrogen) atoms. The Hall–Kier alpha value is -1.49. The molecular weight excluding hydrogens is 287 g/mol. The van der Waals surface area contributed by atoms with E-state index in [1.807, 2.05) is 6.92 Å². The lowest BCUT2D eigenvalue weighted by Crippen LogP contribution is -2.02. The number of aromatic nitrogens is 2. The first-order valence-electron chi connectivity index (χ1n) is 5.14. The van der Waals surface area contributed by atoms with E-state index in [0.717, 1.165) is 0 Å². The molecule has 0 amide bonds. The molecule has 2 aromatic rings. The van der Waals surface area contributed by atoms with E-state index in [9.17, 15) is 9.18 Å². The highest BCUT2D eigenvalue weighted by Crippen LogP contribution is 2.22. The number of carbonyl (C=O) groups is 1. The molecule has 0 radical (unpaired) electrons. The van der Waals surface area contributed by atoms with Gasteiger partial charge in [-0.15, -0.1) is 0 Å². The minimum atomic E-state index is -0.446. The number of halogens is 2. The summed E-state index contributed by atoms with van der Waals surface area (Å²) >= 11 is 3.08. The van der Waals surface area contributed by atoms with Crippen molar-refractivity contribution in [2.75, 3.05) is 0 Å². The van der Waals surface area contributed by atoms with Crippen LogP contribution in [0.1, 0.15) is 22.8 Å². The third-order valence-electron chi connectivity index (χ3n) is 2.42. The van der Waals surface area contributed by atoms with Crippen molar-refractivity contribution < 1.29 is 9.18 Å². The quantitative estimate of drug-likeness (QED) is 0.816. The third kappa shape index (κ3) is 2.29. The number of benzene rings is 1. The number of carbonyl (C=O) groups excluding carboxylic acids is 1. The van der Waals surface area contributed by atoms with E-state index >= 15 is 0 Å². The van der Waals surface area contributed by atoms with Crippen LogP contribution in [0.2, 0.25) is 0 Å². The van der Waals surface area contributed by atoms with Crippen LogP contribution in [-0.4, -0.2) is 15.6 Å². The fraction of sp³-hybridized carbons (Fsp3) is 0.167. The van der Waals surface area contributed by atoms with Crippen LogP contribution in [0, 0.1) is 5.82 Å². The third-order valence-corrected chi connectivity index (χ3v) is 3.22. The summed E-state index contributed by atoms with van der Waals surface area (Å²) in [5.74, 6) is -0.685. The van der Waals surface area contributed by atoms with Gasteiger partial charge >= 0.3 is 0 Å². The predicted molar refractivity (Wildman–Crippen MR) is 65.4 cm³/mol. The second-order valence-corrected chi connectivity index (χ2v) is 4.31. The summed E-state index contributed by atoms with van der Waals surface area (Å²) in [5.41, 5.74) is 0.763. The largest absolute Gasteiger partial charge is 0.288 e. The maximum absolute atomic E-state index is 13.3. The molecule has 0 aliphatic heterocycles. The van der Waals surface area contributed by atoms with Crippen LogP contribution in [0.3, 0.4) is 0 Å². The van der Waals surface area contributed by atoms with E-state index in [2.05, 4.69) is 21.0 Å². The molecule has 0 fully saturated rings. The summed E-state index contributed by atoms with van der Waals surface area (Å²) in [4.78, 5) is 12.1. The number of hydrogen-bond acceptors (Lipinski definition) is 2. The summed E-state index contributed by atoms with van der Waals surface area (Å²) in [6.45, 7) is 2.62. The molecule has 0 bridgehead atoms. The van der Waals surface area contributed by atoms with Crippen molar-refractivity contribution >= 4 is 21.7 Å². The topological polar surface area (TPSA) is 34.9 Å². The minimum Gasteiger partial charge on any atom is -0.288 e. The van der Waals surface area contributed by atoms with Gasteiger partial charge in [0, 0.05) is 18.3 Å². The Balaban J connectivity index is 2.40. The van der Waals surface area contributed by atoms with Gasteiger partial charge in [0.1, 0.15) is 5.82 Å². The zero-order chi connectivity index (χ0) is 12.4. The second-order valence-electron chi connectivity index (χ2n) is 3.52. The zero-order valence-corrected chi connectivity index (χ0v) is 10.7. The molecule has 1 heterocycles. The predicted octanol–water partition coefficient (Wildman–Crippen LogP) is 3.04. The number of rotatable bonds is 3. The Morgan fingerprint density at radius 2 is 2.29 bits per heavy atom. The smallest absolute Gasteiger partial charge is 0.197 e. The van der Waals surface area contributed by atoms with Crippen LogP contribution < -0.4 is 0 Å². The summed E-state index contributed by atoms with van der Waals surface area (Å²) in [6, 6.07) is 4.40. The van der Waals surface area contributed by atoms with Gasteiger partial charge < -0.3 is 0 Å². The van der Waals surface area contributed by atoms with Crippen molar-refractivity contribution in [3.05, 3.63) is 52.0 Å². The molecule has 0 unspecified atom stereocenters. The maximum Gasteiger partial charge on any atom is 0.197 e. The van der Waals surface area contributed by atoms with Crippen molar-refractivity contribution in [3.8, 4) is 0 Å². The van der Waals surface area contributed by atoms with Gasteiger partial charge in [0.05, 0.1) is 16.2 Å². The average Bonchev–Trinajstić information content (AvgIpc) is 2.80. The highest BCUT2D eigenvalue weighted by atomic mass is 79.9. The molecule has 1 aromatic carbocycles. The van der Waals surface area contributed by atoms with E-state index in [4.69, 9.17) is 0 Å². The number of hydrogen-bond donors (Lipinski definition) is 0. The van der Waals surface area contributed by atoms with Gasteiger partial charge in [-0.1, -0.05) is 6.07 Å². The molecular formula is C12H10BrFN2O. The van der Waals surface area contributed by atoms with Gasteiger partial charge in [-0.05, 0) is 35.0 Å². The lowest BCUT2D eigenvalue weighted by atomic mass is 10.1. The first kappa shape index (κ1) is 12.0. The van der Waals surface area contributed by atoms with Gasteiger partial charge in [-0.25, -0.2) is 4.39 Å². The average molecular weight is 297 g/mol. The maximum atomic E-state index is 13.3. The molecule has 88 valence electrons. The van der Waals surface area contributed by atoms with Gasteiger partial charge in [0.25, 0.3) is 0 Å². The molecule has 1 aromatic heterocycles. The summed E-state index contributed by atoms with van der Waals surface area (Å²) in [5, 5.41) is 4.02. The lowest BCUT2D eigenvalue weighted by molar-refractivity contribution is 0.103. The standard InChI is InChI=1S/C12H10BrFN2O/c1-2-16-7-8(6-15-16)12(17)9-4-3-5-10(14)11(9)13/h3-7H,2H2,1H3. The Morgan fingerprint density at radius 1 is 1.53 bits per heavy atom. The Kier molecular flexibility index (Phi) is 3.38. The van der Waals surface area contributed by atoms with E-state index < -0.39 is 5.82 Å². The Labute approximate surface area is 106 Å². The molecule has 0 aliphatic rings. The van der Waals surface area contributed by atoms with Gasteiger partial charge in [0.15, 0.2) is 5.78 Å². The molecule has 5 heteroatoms. The van der Waals surface area contributed by atoms with E-state index in [1.54, 1.807) is 16.9 Å². The van der Waals surface area contributed by atoms with Crippen LogP contribution in [0.25, 0.3) is 0 Å². The van der Waals surface area contributed by atoms with Crippen LogP contribution in [0.4, 0.5) is 4.39 Å². The number of nitrogens with zero attached hydrogens (tertiary/aromatic N) is 2. The molecule has 0 atom stereocenters. The van der Waals surface area contributed by atoms with Crippen LogP contribution in [0.15, 0.2) is 35.1 Å². The normalized spacial score (nSPS) is 10.5. The number of aryl methyl sites for hydroxylation is 1. The van der Waals surface area contributed by atoms with Gasteiger partial charge in [-0.3, -0.25) is 9.48 Å². The molecule has 3 nitrogen and oxygen atoms in total. The Bertz CT molecular complexity index is 565. The SMILES string of the molecule is CCn1cc(C(=O)c2cccc(F)c2Br)cn1. The van der Waals surface area contributed by atoms with Crippen LogP contribution in [-0.2, 0) is 6.54 Å². The lowest BCUT2D eigenvalue weighted by Gasteiger charge is -2.02. The summed E-state index contributed by atoms with van der Waals surface area (Å²) < 4.78 is 15.1. The fourth-order valence-electron chi connectivity index (χ4n) is 1.49. The molecule has 2 rings (SSSR count). The van der Waals surface area contributed by atoms with E-state index in [0.29, 0.717) is 17.7 Å². The van der Waals surface area contributed by atoms with Crippen molar-refractivity contribution in [1.82, 2.24) is 9.78 Å². The molecule has 0 spiro atoms. The van der Waals surface area contributed by atoms with E-state index in [1.165, 1.54) is 18.3 Å². The number of ketones is 1. The van der Waals surface area contributed by atoms with Crippen LogP contribution in [0.5, 0.6) is 0 Å². The van der Waals surface area contributed by atoms with Crippen molar-refractivity contribution in [2.24, 2.45) is 0 Å². The molecule has 0 N–H and O–H groups in total. The Morgan fingerprint density at radius 3 is 2.94 bits per heavy atom. The fourth-order valence-corrected chi connectivity index (χ4v) is 1.93. The molecule has 0 aliphatic carbocycles. The highest BCUT2D eigenvalue weighted by Gasteiger charge is 2.16.